The Balaban J connectivity index is 0.00000300. The van der Waals surface area contributed by atoms with Crippen LogP contribution in [0, 0.1) is 5.92 Å². The van der Waals surface area contributed by atoms with E-state index in [0.717, 1.165) is 58.3 Å². The fraction of sp³-hybridized carbons (Fsp3) is 0.810. The molecule has 0 aromatic carbocycles. The lowest BCUT2D eigenvalue weighted by Gasteiger charge is -2.39. The maximum Gasteiger partial charge on any atom is 0.193 e. The Labute approximate surface area is 193 Å². The molecule has 2 aliphatic heterocycles. The number of nitrogens with one attached hydrogen (secondary N) is 1. The van der Waals surface area contributed by atoms with Crippen molar-refractivity contribution in [2.45, 2.75) is 39.2 Å². The molecule has 0 radical (unpaired) electrons. The quantitative estimate of drug-likeness (QED) is 0.356. The Hall–Kier alpha value is -0.870. The van der Waals surface area contributed by atoms with E-state index in [2.05, 4.69) is 59.1 Å². The summed E-state index contributed by atoms with van der Waals surface area (Å²) in [6.07, 6.45) is 5.34. The molecular weight excluding hydrogens is 477 g/mol. The molecule has 1 N–H and O–H groups in total. The third-order valence-electron chi connectivity index (χ3n) is 6.22. The summed E-state index contributed by atoms with van der Waals surface area (Å²) in [7, 11) is 4.21. The average molecular weight is 518 g/mol. The van der Waals surface area contributed by atoms with Crippen molar-refractivity contribution in [1.29, 1.82) is 0 Å². The molecule has 0 amide bonds. The second kappa shape index (κ2) is 11.5. The van der Waals surface area contributed by atoms with E-state index in [0.29, 0.717) is 17.9 Å². The largest absolute Gasteiger partial charge is 0.357 e. The minimum absolute atomic E-state index is 0. The summed E-state index contributed by atoms with van der Waals surface area (Å²) >= 11 is 0. The standard InChI is InChI=1S/C21H39N7.HI/c1-6-22-21(28-8-7-18(16-28)19-13-24-26(5)15-19)23-14-20(17(2)3)27-11-9-25(4)10-12-27;/h13,15,17-18,20H,6-12,14,16H2,1-5H3,(H,22,23);1H. The fourth-order valence-corrected chi connectivity index (χ4v) is 4.38. The highest BCUT2D eigenvalue weighted by Crippen LogP contribution is 2.26. The molecule has 29 heavy (non-hydrogen) atoms. The van der Waals surface area contributed by atoms with E-state index < -0.39 is 0 Å². The number of rotatable bonds is 6. The number of aromatic nitrogens is 2. The van der Waals surface area contributed by atoms with Crippen LogP contribution in [0.5, 0.6) is 0 Å². The topological polar surface area (TPSA) is 51.9 Å². The van der Waals surface area contributed by atoms with Crippen molar-refractivity contribution in [3.05, 3.63) is 18.0 Å². The smallest absolute Gasteiger partial charge is 0.193 e. The van der Waals surface area contributed by atoms with Gasteiger partial charge in [-0.2, -0.15) is 5.10 Å². The third-order valence-corrected chi connectivity index (χ3v) is 6.22. The Bertz CT molecular complexity index is 637. The third kappa shape index (κ3) is 6.55. The zero-order valence-electron chi connectivity index (χ0n) is 18.8. The molecule has 0 bridgehead atoms. The molecule has 0 spiro atoms. The van der Waals surface area contributed by atoms with E-state index in [9.17, 15) is 0 Å². The molecule has 3 heterocycles. The van der Waals surface area contributed by atoms with Gasteiger partial charge in [-0.1, -0.05) is 13.8 Å². The van der Waals surface area contributed by atoms with Crippen molar-refractivity contribution in [2.75, 3.05) is 59.4 Å². The highest BCUT2D eigenvalue weighted by Gasteiger charge is 2.28. The first-order valence-corrected chi connectivity index (χ1v) is 10.9. The summed E-state index contributed by atoms with van der Waals surface area (Å²) < 4.78 is 1.90. The molecule has 2 fully saturated rings. The van der Waals surface area contributed by atoms with Crippen LogP contribution in [0.15, 0.2) is 17.4 Å². The number of aryl methyl sites for hydroxylation is 1. The summed E-state index contributed by atoms with van der Waals surface area (Å²) in [6, 6.07) is 0.513. The molecule has 2 aliphatic rings. The second-order valence-corrected chi connectivity index (χ2v) is 8.72. The molecule has 2 atom stereocenters. The molecule has 7 nitrogen and oxygen atoms in total. The fourth-order valence-electron chi connectivity index (χ4n) is 4.38. The Morgan fingerprint density at radius 2 is 1.93 bits per heavy atom. The van der Waals surface area contributed by atoms with E-state index >= 15 is 0 Å². The van der Waals surface area contributed by atoms with Crippen LogP contribution in [-0.4, -0.2) is 95.9 Å². The number of piperazine rings is 1. The normalized spacial score (nSPS) is 22.8. The van der Waals surface area contributed by atoms with Gasteiger partial charge in [0.2, 0.25) is 0 Å². The Kier molecular flexibility index (Phi) is 9.68. The number of likely N-dealkylation sites (N-methyl/N-ethyl adjacent to an activating group) is 1. The van der Waals surface area contributed by atoms with Gasteiger partial charge in [0.15, 0.2) is 5.96 Å². The zero-order chi connectivity index (χ0) is 20.1. The molecule has 1 aromatic rings. The van der Waals surface area contributed by atoms with Gasteiger partial charge in [-0.15, -0.1) is 24.0 Å². The molecule has 3 rings (SSSR count). The molecule has 0 saturated carbocycles. The summed E-state index contributed by atoms with van der Waals surface area (Å²) in [5.41, 5.74) is 1.35. The number of aliphatic imine (C=N–C) groups is 1. The predicted molar refractivity (Wildman–Crippen MR) is 131 cm³/mol. The van der Waals surface area contributed by atoms with Crippen LogP contribution in [-0.2, 0) is 7.05 Å². The summed E-state index contributed by atoms with van der Waals surface area (Å²) in [6.45, 7) is 15.3. The summed E-state index contributed by atoms with van der Waals surface area (Å²) in [4.78, 5) is 12.6. The van der Waals surface area contributed by atoms with Crippen LogP contribution in [0.1, 0.15) is 38.7 Å². The van der Waals surface area contributed by atoms with Crippen LogP contribution in [0.4, 0.5) is 0 Å². The van der Waals surface area contributed by atoms with Gasteiger partial charge in [-0.25, -0.2) is 0 Å². The predicted octanol–water partition coefficient (Wildman–Crippen LogP) is 2.06. The van der Waals surface area contributed by atoms with Gasteiger partial charge in [0.05, 0.1) is 12.7 Å². The van der Waals surface area contributed by atoms with Gasteiger partial charge in [-0.05, 0) is 31.9 Å². The van der Waals surface area contributed by atoms with Gasteiger partial charge in [0, 0.05) is 71.0 Å². The summed E-state index contributed by atoms with van der Waals surface area (Å²) in [5, 5.41) is 7.88. The van der Waals surface area contributed by atoms with E-state index in [4.69, 9.17) is 4.99 Å². The highest BCUT2D eigenvalue weighted by molar-refractivity contribution is 14.0. The van der Waals surface area contributed by atoms with Crippen LogP contribution in [0.3, 0.4) is 0 Å². The van der Waals surface area contributed by atoms with E-state index in [-0.39, 0.29) is 24.0 Å². The number of guanidine groups is 1. The first-order chi connectivity index (χ1) is 13.5. The SMILES string of the molecule is CCNC(=NCC(C(C)C)N1CCN(C)CC1)N1CCC(c2cnn(C)c2)C1.I. The number of hydrogen-bond donors (Lipinski definition) is 1. The van der Waals surface area contributed by atoms with E-state index in [1.54, 1.807) is 0 Å². The van der Waals surface area contributed by atoms with E-state index in [1.165, 1.54) is 12.0 Å². The highest BCUT2D eigenvalue weighted by atomic mass is 127. The van der Waals surface area contributed by atoms with Crippen LogP contribution < -0.4 is 5.32 Å². The van der Waals surface area contributed by atoms with Crippen molar-refractivity contribution in [3.63, 3.8) is 0 Å². The van der Waals surface area contributed by atoms with Crippen LogP contribution >= 0.6 is 24.0 Å². The number of likely N-dealkylation sites (tertiary alicyclic amines) is 1. The Morgan fingerprint density at radius 1 is 1.21 bits per heavy atom. The van der Waals surface area contributed by atoms with Crippen molar-refractivity contribution >= 4 is 29.9 Å². The Morgan fingerprint density at radius 3 is 2.52 bits per heavy atom. The lowest BCUT2D eigenvalue weighted by Crippen LogP contribution is -2.52. The second-order valence-electron chi connectivity index (χ2n) is 8.72. The molecular formula is C21H40IN7. The molecule has 0 aliphatic carbocycles. The molecule has 166 valence electrons. The first-order valence-electron chi connectivity index (χ1n) is 10.9. The van der Waals surface area contributed by atoms with Gasteiger partial charge in [-0.3, -0.25) is 14.6 Å². The molecule has 2 saturated heterocycles. The van der Waals surface area contributed by atoms with Gasteiger partial charge in [0.25, 0.3) is 0 Å². The lowest BCUT2D eigenvalue weighted by atomic mass is 10.0. The van der Waals surface area contributed by atoms with Crippen molar-refractivity contribution in [2.24, 2.45) is 18.0 Å². The maximum atomic E-state index is 5.10. The van der Waals surface area contributed by atoms with Gasteiger partial charge < -0.3 is 15.1 Å². The minimum atomic E-state index is 0. The monoisotopic (exact) mass is 517 g/mol. The molecule has 8 heteroatoms. The lowest BCUT2D eigenvalue weighted by molar-refractivity contribution is 0.0924. The maximum absolute atomic E-state index is 5.10. The molecule has 2 unspecified atom stereocenters. The minimum Gasteiger partial charge on any atom is -0.357 e. The van der Waals surface area contributed by atoms with Crippen molar-refractivity contribution in [1.82, 2.24) is 29.8 Å². The zero-order valence-corrected chi connectivity index (χ0v) is 21.2. The van der Waals surface area contributed by atoms with Crippen LogP contribution in [0.2, 0.25) is 0 Å². The van der Waals surface area contributed by atoms with Gasteiger partial charge >= 0.3 is 0 Å². The van der Waals surface area contributed by atoms with Crippen LogP contribution in [0.25, 0.3) is 0 Å². The molecule has 1 aromatic heterocycles. The number of hydrogen-bond acceptors (Lipinski definition) is 4. The average Bonchev–Trinajstić information content (AvgIpc) is 3.31. The van der Waals surface area contributed by atoms with Crippen molar-refractivity contribution < 1.29 is 0 Å². The van der Waals surface area contributed by atoms with Crippen molar-refractivity contribution in [3.8, 4) is 0 Å². The number of halogens is 1. The summed E-state index contributed by atoms with van der Waals surface area (Å²) in [5.74, 6) is 2.24. The first kappa shape index (κ1) is 24.4. The number of nitrogens with zero attached hydrogens (tertiary/aromatic N) is 6. The van der Waals surface area contributed by atoms with E-state index in [1.807, 2.05) is 17.9 Å². The van der Waals surface area contributed by atoms with Gasteiger partial charge in [0.1, 0.15) is 0 Å².